The Morgan fingerprint density at radius 2 is 1.93 bits per heavy atom. The molecule has 4 rings (SSSR count). The van der Waals surface area contributed by atoms with Gasteiger partial charge in [-0.1, -0.05) is 31.4 Å². The Labute approximate surface area is 156 Å². The van der Waals surface area contributed by atoms with Gasteiger partial charge in [-0.3, -0.25) is 4.79 Å². The zero-order valence-electron chi connectivity index (χ0n) is 15.0. The third-order valence-corrected chi connectivity index (χ3v) is 4.91. The number of nitrogens with zero attached hydrogens (tertiary/aromatic N) is 7. The number of hydrogen-bond donors (Lipinski definition) is 1. The maximum Gasteiger partial charge on any atom is 0.225 e. The van der Waals surface area contributed by atoms with Gasteiger partial charge in [-0.15, -0.1) is 5.10 Å². The first-order chi connectivity index (χ1) is 13.2. The highest BCUT2D eigenvalue weighted by atomic mass is 16.1. The Kier molecular flexibility index (Phi) is 4.91. The molecule has 1 aromatic carbocycles. The molecule has 1 saturated carbocycles. The smallest absolute Gasteiger partial charge is 0.225 e. The molecule has 140 valence electrons. The minimum Gasteiger partial charge on any atom is -0.369 e. The number of carbonyl (C=O) groups is 1. The predicted octanol–water partition coefficient (Wildman–Crippen LogP) is 1.38. The lowest BCUT2D eigenvalue weighted by molar-refractivity contribution is -0.117. The van der Waals surface area contributed by atoms with Crippen molar-refractivity contribution in [3.8, 4) is 5.69 Å². The molecule has 3 aromatic rings. The van der Waals surface area contributed by atoms with Crippen LogP contribution in [0.1, 0.15) is 55.4 Å². The molecule has 2 heterocycles. The highest BCUT2D eigenvalue weighted by Gasteiger charge is 2.21. The fraction of sp³-hybridized carbons (Fsp3) is 0.444. The number of aromatic nitrogens is 7. The molecule has 1 aliphatic rings. The van der Waals surface area contributed by atoms with Crippen molar-refractivity contribution in [3.63, 3.8) is 0 Å². The number of carbonyl (C=O) groups excluding carboxylic acids is 1. The van der Waals surface area contributed by atoms with E-state index in [0.29, 0.717) is 18.3 Å². The van der Waals surface area contributed by atoms with Crippen LogP contribution in [-0.4, -0.2) is 40.9 Å². The molecule has 0 unspecified atom stereocenters. The van der Waals surface area contributed by atoms with E-state index in [1.54, 1.807) is 11.0 Å². The second-order valence-electron chi connectivity index (χ2n) is 6.92. The van der Waals surface area contributed by atoms with Crippen molar-refractivity contribution < 1.29 is 4.79 Å². The van der Waals surface area contributed by atoms with Gasteiger partial charge < -0.3 is 5.73 Å². The molecule has 0 spiro atoms. The molecular weight excluding hydrogens is 344 g/mol. The van der Waals surface area contributed by atoms with Gasteiger partial charge in [0.2, 0.25) is 5.91 Å². The van der Waals surface area contributed by atoms with Crippen LogP contribution in [-0.2, 0) is 17.6 Å². The van der Waals surface area contributed by atoms with Crippen LogP contribution >= 0.6 is 0 Å². The largest absolute Gasteiger partial charge is 0.369 e. The van der Waals surface area contributed by atoms with Crippen molar-refractivity contribution in [2.75, 3.05) is 0 Å². The Hall–Kier alpha value is -3.10. The summed E-state index contributed by atoms with van der Waals surface area (Å²) in [5.41, 5.74) is 7.34. The minimum absolute atomic E-state index is 0.0744. The molecule has 0 atom stereocenters. The minimum atomic E-state index is -0.409. The molecule has 1 aliphatic carbocycles. The summed E-state index contributed by atoms with van der Waals surface area (Å²) in [6, 6.07) is 8.35. The van der Waals surface area contributed by atoms with Crippen LogP contribution in [0.3, 0.4) is 0 Å². The molecule has 1 amide bonds. The summed E-state index contributed by atoms with van der Waals surface area (Å²) >= 11 is 0. The van der Waals surface area contributed by atoms with E-state index < -0.39 is 5.91 Å². The summed E-state index contributed by atoms with van der Waals surface area (Å²) in [4.78, 5) is 15.9. The monoisotopic (exact) mass is 366 g/mol. The van der Waals surface area contributed by atoms with Crippen LogP contribution in [0.5, 0.6) is 0 Å². The summed E-state index contributed by atoms with van der Waals surface area (Å²) in [5, 5.41) is 15.8. The van der Waals surface area contributed by atoms with Gasteiger partial charge in [0.25, 0.3) is 0 Å². The molecule has 9 nitrogen and oxygen atoms in total. The van der Waals surface area contributed by atoms with Crippen LogP contribution in [0.25, 0.3) is 5.69 Å². The van der Waals surface area contributed by atoms with Gasteiger partial charge in [-0.05, 0) is 41.0 Å². The number of primary amides is 1. The normalized spacial score (nSPS) is 15.1. The molecule has 0 radical (unpaired) electrons. The lowest BCUT2D eigenvalue weighted by Crippen LogP contribution is -2.18. The van der Waals surface area contributed by atoms with E-state index >= 15 is 0 Å². The third-order valence-electron chi connectivity index (χ3n) is 4.91. The number of hydrogen-bond acceptors (Lipinski definition) is 6. The zero-order chi connectivity index (χ0) is 18.6. The van der Waals surface area contributed by atoms with Crippen LogP contribution in [0, 0.1) is 0 Å². The average Bonchev–Trinajstić information content (AvgIpc) is 3.33. The summed E-state index contributed by atoms with van der Waals surface area (Å²) in [6.07, 6.45) is 8.17. The van der Waals surface area contributed by atoms with Crippen molar-refractivity contribution in [2.45, 2.75) is 51.0 Å². The summed E-state index contributed by atoms with van der Waals surface area (Å²) in [5.74, 6) is 0.981. The highest BCUT2D eigenvalue weighted by molar-refractivity contribution is 5.75. The number of amides is 1. The van der Waals surface area contributed by atoms with E-state index in [1.807, 2.05) is 28.9 Å². The van der Waals surface area contributed by atoms with Gasteiger partial charge in [0.1, 0.15) is 12.2 Å². The Bertz CT molecular complexity index is 894. The van der Waals surface area contributed by atoms with E-state index in [2.05, 4.69) is 25.6 Å². The summed E-state index contributed by atoms with van der Waals surface area (Å²) in [7, 11) is 0. The van der Waals surface area contributed by atoms with Crippen LogP contribution in [0.15, 0.2) is 30.6 Å². The average molecular weight is 366 g/mol. The number of tetrazole rings is 1. The Balaban J connectivity index is 1.57. The standard InChI is InChI=1S/C18H22N8O/c19-16(27)11-17-21-18(26(22-17)15-4-2-1-3-5-15)10-13-6-8-14(9-7-13)25-12-20-23-24-25/h6-9,12,15H,1-5,10-11H2,(H2,19,27). The fourth-order valence-electron chi connectivity index (χ4n) is 3.60. The maximum absolute atomic E-state index is 11.3. The topological polar surface area (TPSA) is 117 Å². The second kappa shape index (κ2) is 7.65. The van der Waals surface area contributed by atoms with E-state index in [-0.39, 0.29) is 6.42 Å². The Morgan fingerprint density at radius 3 is 2.59 bits per heavy atom. The molecule has 0 bridgehead atoms. The van der Waals surface area contributed by atoms with E-state index in [0.717, 1.165) is 29.9 Å². The second-order valence-corrected chi connectivity index (χ2v) is 6.92. The van der Waals surface area contributed by atoms with Gasteiger partial charge in [-0.2, -0.15) is 5.10 Å². The Morgan fingerprint density at radius 1 is 1.15 bits per heavy atom. The quantitative estimate of drug-likeness (QED) is 0.704. The summed E-state index contributed by atoms with van der Waals surface area (Å²) < 4.78 is 3.63. The van der Waals surface area contributed by atoms with Crippen molar-refractivity contribution in [3.05, 3.63) is 47.8 Å². The third kappa shape index (κ3) is 4.02. The van der Waals surface area contributed by atoms with Crippen molar-refractivity contribution >= 4 is 5.91 Å². The highest BCUT2D eigenvalue weighted by Crippen LogP contribution is 2.29. The van der Waals surface area contributed by atoms with Gasteiger partial charge in [-0.25, -0.2) is 14.3 Å². The van der Waals surface area contributed by atoms with Gasteiger partial charge >= 0.3 is 0 Å². The fourth-order valence-corrected chi connectivity index (χ4v) is 3.60. The first-order valence-electron chi connectivity index (χ1n) is 9.24. The maximum atomic E-state index is 11.3. The summed E-state index contributed by atoms with van der Waals surface area (Å²) in [6.45, 7) is 0. The van der Waals surface area contributed by atoms with Crippen molar-refractivity contribution in [1.29, 1.82) is 0 Å². The molecule has 0 saturated heterocycles. The van der Waals surface area contributed by atoms with Gasteiger partial charge in [0.15, 0.2) is 5.82 Å². The molecular formula is C18H22N8O. The van der Waals surface area contributed by atoms with Crippen LogP contribution in [0.4, 0.5) is 0 Å². The van der Waals surface area contributed by atoms with Gasteiger partial charge in [0.05, 0.1) is 18.2 Å². The number of nitrogens with two attached hydrogens (primary N) is 1. The van der Waals surface area contributed by atoms with E-state index in [9.17, 15) is 4.79 Å². The molecule has 1 fully saturated rings. The molecule has 2 aromatic heterocycles. The molecule has 27 heavy (non-hydrogen) atoms. The molecule has 2 N–H and O–H groups in total. The van der Waals surface area contributed by atoms with Crippen LogP contribution in [0.2, 0.25) is 0 Å². The van der Waals surface area contributed by atoms with E-state index in [4.69, 9.17) is 5.73 Å². The lowest BCUT2D eigenvalue weighted by atomic mass is 9.95. The molecule has 0 aliphatic heterocycles. The first kappa shape index (κ1) is 17.3. The zero-order valence-corrected chi connectivity index (χ0v) is 15.0. The van der Waals surface area contributed by atoms with Crippen LogP contribution < -0.4 is 5.73 Å². The van der Waals surface area contributed by atoms with Crippen molar-refractivity contribution in [1.82, 2.24) is 35.0 Å². The van der Waals surface area contributed by atoms with Crippen molar-refractivity contribution in [2.24, 2.45) is 5.73 Å². The molecule has 9 heteroatoms. The SMILES string of the molecule is NC(=O)Cc1nc(Cc2ccc(-n3cnnn3)cc2)n(C2CCCCC2)n1. The number of rotatable bonds is 6. The first-order valence-corrected chi connectivity index (χ1v) is 9.24. The van der Waals surface area contributed by atoms with Gasteiger partial charge in [0, 0.05) is 6.42 Å². The lowest BCUT2D eigenvalue weighted by Gasteiger charge is -2.23. The number of benzene rings is 1. The van der Waals surface area contributed by atoms with E-state index in [1.165, 1.54) is 19.3 Å². The predicted molar refractivity (Wildman–Crippen MR) is 97.0 cm³/mol.